The summed E-state index contributed by atoms with van der Waals surface area (Å²) in [6, 6.07) is 18.8. The molecule has 3 heteroatoms. The predicted octanol–water partition coefficient (Wildman–Crippen LogP) is 4.53. The molecule has 116 valence electrons. The summed E-state index contributed by atoms with van der Waals surface area (Å²) in [5, 5.41) is 1.14. The molecule has 1 aliphatic heterocycles. The van der Waals surface area contributed by atoms with Crippen molar-refractivity contribution in [3.05, 3.63) is 71.9 Å². The Hall–Kier alpha value is -2.39. The van der Waals surface area contributed by atoms with Gasteiger partial charge < -0.3 is 9.64 Å². The summed E-state index contributed by atoms with van der Waals surface area (Å²) < 4.78 is 6.43. The molecule has 1 aliphatic rings. The Bertz CT molecular complexity index is 872. The summed E-state index contributed by atoms with van der Waals surface area (Å²) >= 11 is 0. The first-order valence-electron chi connectivity index (χ1n) is 7.91. The van der Waals surface area contributed by atoms with Gasteiger partial charge in [0.2, 0.25) is 0 Å². The van der Waals surface area contributed by atoms with E-state index in [9.17, 15) is 0 Å². The second kappa shape index (κ2) is 5.07. The molecule has 0 amide bonds. The molecule has 0 aliphatic carbocycles. The van der Waals surface area contributed by atoms with Crippen LogP contribution in [-0.4, -0.2) is 17.8 Å². The number of rotatable bonds is 1. The lowest BCUT2D eigenvalue weighted by molar-refractivity contribution is -0.0637. The van der Waals surface area contributed by atoms with Gasteiger partial charge >= 0.3 is 0 Å². The summed E-state index contributed by atoms with van der Waals surface area (Å²) in [5.74, 6) is 0. The molecular formula is C20H20N2O. The lowest BCUT2D eigenvalue weighted by Gasteiger charge is -2.46. The van der Waals surface area contributed by atoms with Crippen molar-refractivity contribution in [1.82, 2.24) is 4.98 Å². The first-order valence-corrected chi connectivity index (χ1v) is 7.91. The fraction of sp³-hybridized carbons (Fsp3) is 0.250. The summed E-state index contributed by atoms with van der Waals surface area (Å²) in [4.78, 5) is 6.79. The molecule has 4 rings (SSSR count). The van der Waals surface area contributed by atoms with Gasteiger partial charge in [0.25, 0.3) is 0 Å². The second-order valence-electron chi connectivity index (χ2n) is 6.52. The molecular weight excluding hydrogens is 284 g/mol. The Morgan fingerprint density at radius 1 is 1.04 bits per heavy atom. The summed E-state index contributed by atoms with van der Waals surface area (Å²) in [6.07, 6.45) is 1.83. The summed E-state index contributed by atoms with van der Waals surface area (Å²) in [7, 11) is 2.08. The molecule has 2 aromatic carbocycles. The lowest BCUT2D eigenvalue weighted by atomic mass is 9.95. The van der Waals surface area contributed by atoms with Gasteiger partial charge in [0, 0.05) is 35.4 Å². The Labute approximate surface area is 136 Å². The van der Waals surface area contributed by atoms with Gasteiger partial charge in [-0.05, 0) is 32.0 Å². The van der Waals surface area contributed by atoms with Crippen LogP contribution in [0, 0.1) is 0 Å². The van der Waals surface area contributed by atoms with Gasteiger partial charge in [0.1, 0.15) is 11.8 Å². The summed E-state index contributed by atoms with van der Waals surface area (Å²) in [5.41, 5.74) is 4.13. The molecule has 0 saturated carbocycles. The highest BCUT2D eigenvalue weighted by Gasteiger charge is 2.37. The molecule has 1 aromatic heterocycles. The van der Waals surface area contributed by atoms with Gasteiger partial charge in [-0.3, -0.25) is 4.98 Å². The van der Waals surface area contributed by atoms with Crippen LogP contribution in [0.1, 0.15) is 31.1 Å². The molecule has 23 heavy (non-hydrogen) atoms. The van der Waals surface area contributed by atoms with E-state index < -0.39 is 0 Å². The lowest BCUT2D eigenvalue weighted by Crippen LogP contribution is -2.48. The number of para-hydroxylation sites is 2. The number of fused-ring (bicyclic) bond motifs is 2. The van der Waals surface area contributed by atoms with Gasteiger partial charge in [-0.25, -0.2) is 0 Å². The van der Waals surface area contributed by atoms with E-state index in [4.69, 9.17) is 4.74 Å². The van der Waals surface area contributed by atoms with E-state index in [1.54, 1.807) is 0 Å². The van der Waals surface area contributed by atoms with Crippen molar-refractivity contribution in [2.24, 2.45) is 0 Å². The number of benzene rings is 2. The molecule has 0 saturated heterocycles. The molecule has 3 aromatic rings. The highest BCUT2D eigenvalue weighted by Crippen LogP contribution is 2.43. The first kappa shape index (κ1) is 14.2. The van der Waals surface area contributed by atoms with Crippen LogP contribution in [0.25, 0.3) is 10.9 Å². The van der Waals surface area contributed by atoms with E-state index in [2.05, 4.69) is 67.2 Å². The second-order valence-corrected chi connectivity index (χ2v) is 6.52. The van der Waals surface area contributed by atoms with Gasteiger partial charge in [-0.15, -0.1) is 0 Å². The Kier molecular flexibility index (Phi) is 3.13. The third-order valence-corrected chi connectivity index (χ3v) is 4.71. The normalized spacial score (nSPS) is 19.6. The topological polar surface area (TPSA) is 25.4 Å². The largest absolute Gasteiger partial charge is 0.347 e. The minimum atomic E-state index is -0.370. The Morgan fingerprint density at radius 3 is 2.65 bits per heavy atom. The van der Waals surface area contributed by atoms with Crippen LogP contribution in [-0.2, 0) is 4.74 Å². The molecule has 0 radical (unpaired) electrons. The standard InChI is InChI=1S/C20H20N2O/c1-20(2)22(3)18-11-7-5-9-16(18)19(23-20)15-12-14-8-4-6-10-17(14)21-13-15/h4-13,19H,1-3H3. The smallest absolute Gasteiger partial charge is 0.136 e. The van der Waals surface area contributed by atoms with Crippen molar-refractivity contribution < 1.29 is 4.74 Å². The van der Waals surface area contributed by atoms with Crippen LogP contribution in [0.5, 0.6) is 0 Å². The number of aromatic nitrogens is 1. The van der Waals surface area contributed by atoms with Gasteiger partial charge in [-0.2, -0.15) is 0 Å². The minimum absolute atomic E-state index is 0.102. The quantitative estimate of drug-likeness (QED) is 0.660. The van der Waals surface area contributed by atoms with Crippen molar-refractivity contribution in [2.45, 2.75) is 25.7 Å². The van der Waals surface area contributed by atoms with Gasteiger partial charge in [0.05, 0.1) is 5.52 Å². The van der Waals surface area contributed by atoms with E-state index in [0.717, 1.165) is 16.5 Å². The van der Waals surface area contributed by atoms with Crippen molar-refractivity contribution in [3.8, 4) is 0 Å². The zero-order chi connectivity index (χ0) is 16.0. The van der Waals surface area contributed by atoms with Crippen LogP contribution in [0.3, 0.4) is 0 Å². The number of anilines is 1. The highest BCUT2D eigenvalue weighted by atomic mass is 16.5. The molecule has 0 fully saturated rings. The SMILES string of the molecule is CN1c2ccccc2C(c2cnc3ccccc3c2)OC1(C)C. The first-order chi connectivity index (χ1) is 11.1. The predicted molar refractivity (Wildman–Crippen MR) is 93.6 cm³/mol. The minimum Gasteiger partial charge on any atom is -0.347 e. The molecule has 0 N–H and O–H groups in total. The van der Waals surface area contributed by atoms with Crippen molar-refractivity contribution in [2.75, 3.05) is 11.9 Å². The van der Waals surface area contributed by atoms with E-state index in [1.165, 1.54) is 11.3 Å². The maximum absolute atomic E-state index is 6.43. The van der Waals surface area contributed by atoms with E-state index in [-0.39, 0.29) is 11.8 Å². The average Bonchev–Trinajstić information content (AvgIpc) is 2.58. The highest BCUT2D eigenvalue weighted by molar-refractivity contribution is 5.79. The van der Waals surface area contributed by atoms with E-state index >= 15 is 0 Å². The van der Waals surface area contributed by atoms with E-state index in [0.29, 0.717) is 0 Å². The van der Waals surface area contributed by atoms with Crippen molar-refractivity contribution in [3.63, 3.8) is 0 Å². The molecule has 1 unspecified atom stereocenters. The number of hydrogen-bond acceptors (Lipinski definition) is 3. The van der Waals surface area contributed by atoms with Gasteiger partial charge in [-0.1, -0.05) is 36.4 Å². The fourth-order valence-corrected chi connectivity index (χ4v) is 3.21. The molecule has 0 bridgehead atoms. The molecule has 2 heterocycles. The number of pyridine rings is 1. The average molecular weight is 304 g/mol. The maximum atomic E-state index is 6.43. The molecule has 0 spiro atoms. The number of nitrogens with zero attached hydrogens (tertiary/aromatic N) is 2. The Morgan fingerprint density at radius 2 is 1.78 bits per heavy atom. The Balaban J connectivity index is 1.88. The van der Waals surface area contributed by atoms with Crippen LogP contribution >= 0.6 is 0 Å². The summed E-state index contributed by atoms with van der Waals surface area (Å²) in [6.45, 7) is 4.20. The van der Waals surface area contributed by atoms with Crippen molar-refractivity contribution in [1.29, 1.82) is 0 Å². The van der Waals surface area contributed by atoms with Gasteiger partial charge in [0.15, 0.2) is 0 Å². The zero-order valence-electron chi connectivity index (χ0n) is 13.7. The zero-order valence-corrected chi connectivity index (χ0v) is 13.7. The molecule has 3 nitrogen and oxygen atoms in total. The van der Waals surface area contributed by atoms with Crippen LogP contribution < -0.4 is 4.90 Å². The van der Waals surface area contributed by atoms with E-state index in [1.807, 2.05) is 24.4 Å². The third kappa shape index (κ3) is 2.28. The number of ether oxygens (including phenoxy) is 1. The molecule has 1 atom stereocenters. The fourth-order valence-electron chi connectivity index (χ4n) is 3.21. The van der Waals surface area contributed by atoms with Crippen LogP contribution in [0.2, 0.25) is 0 Å². The third-order valence-electron chi connectivity index (χ3n) is 4.71. The maximum Gasteiger partial charge on any atom is 0.136 e. The van der Waals surface area contributed by atoms with Crippen LogP contribution in [0.15, 0.2) is 60.8 Å². The van der Waals surface area contributed by atoms with Crippen molar-refractivity contribution >= 4 is 16.6 Å². The van der Waals surface area contributed by atoms with Crippen LogP contribution in [0.4, 0.5) is 5.69 Å². The number of hydrogen-bond donors (Lipinski definition) is 0. The monoisotopic (exact) mass is 304 g/mol.